The molecule has 2 heterocycles. The molecule has 0 aliphatic rings. The van der Waals surface area contributed by atoms with Gasteiger partial charge in [-0.2, -0.15) is 0 Å². The summed E-state index contributed by atoms with van der Waals surface area (Å²) in [6, 6.07) is 10.4. The van der Waals surface area contributed by atoms with E-state index < -0.39 is 5.97 Å². The van der Waals surface area contributed by atoms with E-state index in [2.05, 4.69) is 9.97 Å². The maximum Gasteiger partial charge on any atom is 0.338 e. The first-order chi connectivity index (χ1) is 10.7. The Hall–Kier alpha value is -2.66. The molecule has 0 aliphatic carbocycles. The fraction of sp³-hybridized carbons (Fsp3) is 0.0625. The van der Waals surface area contributed by atoms with E-state index in [4.69, 9.17) is 20.8 Å². The number of hydrogen-bond donors (Lipinski definition) is 0. The van der Waals surface area contributed by atoms with Crippen LogP contribution in [0.1, 0.15) is 16.2 Å². The Morgan fingerprint density at radius 2 is 1.86 bits per heavy atom. The molecular weight excluding hydrogens is 304 g/mol. The standard InChI is InChI=1S/C16H11ClN2O3/c17-13-3-1-11(2-4-13)14-9-19-15(22-14)10-21-16(20)12-5-7-18-8-6-12/h1-9H,10H2. The molecule has 0 saturated heterocycles. The lowest BCUT2D eigenvalue weighted by atomic mass is 10.2. The predicted octanol–water partition coefficient (Wildman–Crippen LogP) is 3.75. The number of hydrogen-bond acceptors (Lipinski definition) is 5. The second kappa shape index (κ2) is 6.41. The molecule has 1 aromatic carbocycles. The Morgan fingerprint density at radius 3 is 2.59 bits per heavy atom. The highest BCUT2D eigenvalue weighted by atomic mass is 35.5. The van der Waals surface area contributed by atoms with Crippen LogP contribution in [0.3, 0.4) is 0 Å². The van der Waals surface area contributed by atoms with Gasteiger partial charge < -0.3 is 9.15 Å². The van der Waals surface area contributed by atoms with Gasteiger partial charge in [-0.15, -0.1) is 0 Å². The molecule has 2 aromatic heterocycles. The third kappa shape index (κ3) is 3.32. The predicted molar refractivity (Wildman–Crippen MR) is 80.3 cm³/mol. The minimum absolute atomic E-state index is 0.0330. The highest BCUT2D eigenvalue weighted by Crippen LogP contribution is 2.22. The van der Waals surface area contributed by atoms with Crippen LogP contribution in [0.2, 0.25) is 5.02 Å². The molecule has 6 heteroatoms. The lowest BCUT2D eigenvalue weighted by Crippen LogP contribution is -2.05. The van der Waals surface area contributed by atoms with Crippen LogP contribution in [0.25, 0.3) is 11.3 Å². The Labute approximate surface area is 131 Å². The van der Waals surface area contributed by atoms with E-state index in [1.165, 1.54) is 12.4 Å². The number of carbonyl (C=O) groups excluding carboxylic acids is 1. The lowest BCUT2D eigenvalue weighted by molar-refractivity contribution is 0.0439. The molecule has 0 bridgehead atoms. The quantitative estimate of drug-likeness (QED) is 0.686. The van der Waals surface area contributed by atoms with Gasteiger partial charge >= 0.3 is 5.97 Å². The van der Waals surface area contributed by atoms with Crippen molar-refractivity contribution in [1.29, 1.82) is 0 Å². The molecule has 0 aliphatic heterocycles. The molecule has 0 fully saturated rings. The van der Waals surface area contributed by atoms with Gasteiger partial charge in [-0.1, -0.05) is 11.6 Å². The van der Waals surface area contributed by atoms with Gasteiger partial charge in [0.2, 0.25) is 5.89 Å². The Bertz CT molecular complexity index is 770. The topological polar surface area (TPSA) is 65.2 Å². The highest BCUT2D eigenvalue weighted by molar-refractivity contribution is 6.30. The van der Waals surface area contributed by atoms with Crippen molar-refractivity contribution in [3.05, 3.63) is 71.5 Å². The summed E-state index contributed by atoms with van der Waals surface area (Å²) in [4.78, 5) is 19.7. The first-order valence-electron chi connectivity index (χ1n) is 6.50. The van der Waals surface area contributed by atoms with Crippen LogP contribution in [-0.2, 0) is 11.3 Å². The van der Waals surface area contributed by atoms with Crippen molar-refractivity contribution in [2.24, 2.45) is 0 Å². The van der Waals surface area contributed by atoms with Crippen LogP contribution in [-0.4, -0.2) is 15.9 Å². The monoisotopic (exact) mass is 314 g/mol. The van der Waals surface area contributed by atoms with Gasteiger partial charge in [-0.05, 0) is 36.4 Å². The zero-order chi connectivity index (χ0) is 15.4. The van der Waals surface area contributed by atoms with E-state index in [0.29, 0.717) is 22.2 Å². The van der Waals surface area contributed by atoms with E-state index in [9.17, 15) is 4.79 Å². The third-order valence-corrected chi connectivity index (χ3v) is 3.18. The first kappa shape index (κ1) is 14.3. The minimum Gasteiger partial charge on any atom is -0.452 e. The van der Waals surface area contributed by atoms with Gasteiger partial charge in [0.25, 0.3) is 0 Å². The number of oxazole rings is 1. The first-order valence-corrected chi connectivity index (χ1v) is 6.88. The Morgan fingerprint density at radius 1 is 1.14 bits per heavy atom. The molecule has 0 atom stereocenters. The number of nitrogens with zero attached hydrogens (tertiary/aromatic N) is 2. The van der Waals surface area contributed by atoms with Crippen molar-refractivity contribution in [2.45, 2.75) is 6.61 Å². The Kier molecular flexibility index (Phi) is 4.16. The molecule has 110 valence electrons. The van der Waals surface area contributed by atoms with Gasteiger partial charge in [0.15, 0.2) is 12.4 Å². The molecule has 0 N–H and O–H groups in total. The molecule has 5 nitrogen and oxygen atoms in total. The zero-order valence-corrected chi connectivity index (χ0v) is 12.2. The van der Waals surface area contributed by atoms with Crippen LogP contribution >= 0.6 is 11.6 Å². The molecule has 3 aromatic rings. The third-order valence-electron chi connectivity index (χ3n) is 2.93. The van der Waals surface area contributed by atoms with Crippen LogP contribution < -0.4 is 0 Å². The van der Waals surface area contributed by atoms with Gasteiger partial charge in [0.1, 0.15) is 0 Å². The van der Waals surface area contributed by atoms with Gasteiger partial charge in [-0.3, -0.25) is 4.98 Å². The number of esters is 1. The van der Waals surface area contributed by atoms with Crippen molar-refractivity contribution in [3.63, 3.8) is 0 Å². The summed E-state index contributed by atoms with van der Waals surface area (Å²) in [6.45, 7) is -0.0330. The molecule has 0 amide bonds. The maximum absolute atomic E-state index is 11.8. The molecule has 0 saturated carbocycles. The maximum atomic E-state index is 11.8. The molecule has 0 unspecified atom stereocenters. The zero-order valence-electron chi connectivity index (χ0n) is 11.4. The summed E-state index contributed by atoms with van der Waals surface area (Å²) >= 11 is 5.84. The summed E-state index contributed by atoms with van der Waals surface area (Å²) in [5.41, 5.74) is 1.28. The van der Waals surface area contributed by atoms with Gasteiger partial charge in [-0.25, -0.2) is 9.78 Å². The van der Waals surface area contributed by atoms with E-state index in [-0.39, 0.29) is 6.61 Å². The van der Waals surface area contributed by atoms with E-state index >= 15 is 0 Å². The highest BCUT2D eigenvalue weighted by Gasteiger charge is 2.11. The number of aromatic nitrogens is 2. The normalized spacial score (nSPS) is 10.4. The van der Waals surface area contributed by atoms with Crippen molar-refractivity contribution in [3.8, 4) is 11.3 Å². The summed E-state index contributed by atoms with van der Waals surface area (Å²) < 4.78 is 10.7. The number of halogens is 1. The second-order valence-corrected chi connectivity index (χ2v) is 4.87. The van der Waals surface area contributed by atoms with Crippen LogP contribution in [0, 0.1) is 0 Å². The summed E-state index contributed by atoms with van der Waals surface area (Å²) in [5.74, 6) is 0.465. The van der Waals surface area contributed by atoms with E-state index in [1.54, 1.807) is 30.5 Å². The van der Waals surface area contributed by atoms with Gasteiger partial charge in [0, 0.05) is 23.0 Å². The average Bonchev–Trinajstić information content (AvgIpc) is 3.03. The number of pyridine rings is 1. The van der Waals surface area contributed by atoms with Crippen LogP contribution in [0.5, 0.6) is 0 Å². The van der Waals surface area contributed by atoms with Crippen LogP contribution in [0.4, 0.5) is 0 Å². The SMILES string of the molecule is O=C(OCc1ncc(-c2ccc(Cl)cc2)o1)c1ccncc1. The average molecular weight is 315 g/mol. The summed E-state index contributed by atoms with van der Waals surface area (Å²) in [6.07, 6.45) is 4.64. The van der Waals surface area contributed by atoms with Crippen molar-refractivity contribution < 1.29 is 13.9 Å². The van der Waals surface area contributed by atoms with Crippen LogP contribution in [0.15, 0.2) is 59.4 Å². The van der Waals surface area contributed by atoms with Crippen molar-refractivity contribution in [2.75, 3.05) is 0 Å². The molecular formula is C16H11ClN2O3. The molecule has 0 spiro atoms. The fourth-order valence-electron chi connectivity index (χ4n) is 1.82. The minimum atomic E-state index is -0.450. The molecule has 22 heavy (non-hydrogen) atoms. The molecule has 0 radical (unpaired) electrons. The van der Waals surface area contributed by atoms with Crippen molar-refractivity contribution in [1.82, 2.24) is 9.97 Å². The number of rotatable bonds is 4. The Balaban J connectivity index is 1.65. The second-order valence-electron chi connectivity index (χ2n) is 4.44. The fourth-order valence-corrected chi connectivity index (χ4v) is 1.95. The number of benzene rings is 1. The van der Waals surface area contributed by atoms with Crippen molar-refractivity contribution >= 4 is 17.6 Å². The van der Waals surface area contributed by atoms with E-state index in [0.717, 1.165) is 5.56 Å². The number of ether oxygens (including phenoxy) is 1. The summed E-state index contributed by atoms with van der Waals surface area (Å²) in [7, 11) is 0. The number of carbonyl (C=O) groups is 1. The molecule has 3 rings (SSSR count). The summed E-state index contributed by atoms with van der Waals surface area (Å²) in [5, 5.41) is 0.648. The van der Waals surface area contributed by atoms with Gasteiger partial charge in [0.05, 0.1) is 11.8 Å². The smallest absolute Gasteiger partial charge is 0.338 e. The largest absolute Gasteiger partial charge is 0.452 e. The lowest BCUT2D eigenvalue weighted by Gasteiger charge is -2.01. The van der Waals surface area contributed by atoms with E-state index in [1.807, 2.05) is 12.1 Å².